The summed E-state index contributed by atoms with van der Waals surface area (Å²) in [6.45, 7) is -0.603. The Morgan fingerprint density at radius 1 is 1.08 bits per heavy atom. The normalized spacial score (nSPS) is 10.5. The molecule has 0 saturated heterocycles. The first kappa shape index (κ1) is 18.0. The van der Waals surface area contributed by atoms with Crippen molar-refractivity contribution in [1.82, 2.24) is 0 Å². The lowest BCUT2D eigenvalue weighted by atomic mass is 10.2. The van der Waals surface area contributed by atoms with Crippen molar-refractivity contribution in [3.8, 4) is 0 Å². The van der Waals surface area contributed by atoms with E-state index in [2.05, 4.69) is 5.32 Å². The second-order valence-corrected chi connectivity index (χ2v) is 6.00. The Morgan fingerprint density at radius 2 is 1.85 bits per heavy atom. The summed E-state index contributed by atoms with van der Waals surface area (Å²) in [6, 6.07) is 12.8. The Labute approximate surface area is 157 Å². The molecule has 0 radical (unpaired) electrons. The lowest BCUT2D eigenvalue weighted by molar-refractivity contribution is -0.119. The Morgan fingerprint density at radius 3 is 2.65 bits per heavy atom. The highest BCUT2D eigenvalue weighted by Crippen LogP contribution is 2.29. The van der Waals surface area contributed by atoms with E-state index in [4.69, 9.17) is 32.4 Å². The van der Waals surface area contributed by atoms with Gasteiger partial charge in [0, 0.05) is 5.39 Å². The van der Waals surface area contributed by atoms with Gasteiger partial charge in [-0.15, -0.1) is 0 Å². The van der Waals surface area contributed by atoms with E-state index in [1.165, 1.54) is 6.07 Å². The van der Waals surface area contributed by atoms with E-state index in [1.54, 1.807) is 42.5 Å². The molecule has 0 atom stereocenters. The minimum atomic E-state index is -0.961. The molecule has 0 aliphatic carbocycles. The quantitative estimate of drug-likeness (QED) is 0.538. The molecule has 132 valence electrons. The molecule has 1 amide bonds. The summed E-state index contributed by atoms with van der Waals surface area (Å²) in [4.78, 5) is 35.9. The number of para-hydroxylation sites is 1. The number of benzene rings is 2. The van der Waals surface area contributed by atoms with Crippen molar-refractivity contribution in [2.24, 2.45) is 0 Å². The zero-order valence-electron chi connectivity index (χ0n) is 13.1. The van der Waals surface area contributed by atoms with Crippen molar-refractivity contribution in [1.29, 1.82) is 0 Å². The number of nitrogens with one attached hydrogen (secondary N) is 1. The van der Waals surface area contributed by atoms with Crippen molar-refractivity contribution in [3.05, 3.63) is 74.6 Å². The molecule has 26 heavy (non-hydrogen) atoms. The van der Waals surface area contributed by atoms with Crippen LogP contribution in [-0.4, -0.2) is 18.5 Å². The number of halogens is 2. The molecule has 1 N–H and O–H groups in total. The van der Waals surface area contributed by atoms with Gasteiger partial charge in [-0.05, 0) is 24.3 Å². The first-order valence-corrected chi connectivity index (χ1v) is 8.15. The fourth-order valence-electron chi connectivity index (χ4n) is 2.20. The van der Waals surface area contributed by atoms with Gasteiger partial charge in [-0.25, -0.2) is 9.59 Å². The summed E-state index contributed by atoms with van der Waals surface area (Å²) in [6.07, 6.45) is 0. The number of rotatable bonds is 4. The van der Waals surface area contributed by atoms with Gasteiger partial charge >= 0.3 is 11.6 Å². The van der Waals surface area contributed by atoms with Gasteiger partial charge in [-0.1, -0.05) is 47.5 Å². The molecule has 3 aromatic rings. The van der Waals surface area contributed by atoms with E-state index in [0.717, 1.165) is 0 Å². The maximum Gasteiger partial charge on any atom is 0.351 e. The molecule has 2 aromatic carbocycles. The summed E-state index contributed by atoms with van der Waals surface area (Å²) >= 11 is 11.8. The molecule has 0 bridgehead atoms. The lowest BCUT2D eigenvalue weighted by Crippen LogP contribution is -2.23. The standard InChI is InChI=1S/C18H11Cl2NO5/c19-12-5-3-6-13(16(12)20)21-15(22)9-25-17(23)11-8-10-4-1-2-7-14(10)26-18(11)24/h1-8H,9H2,(H,21,22). The Balaban J connectivity index is 1.69. The third-order valence-corrected chi connectivity index (χ3v) is 4.24. The Kier molecular flexibility index (Phi) is 5.25. The largest absolute Gasteiger partial charge is 0.452 e. The highest BCUT2D eigenvalue weighted by Gasteiger charge is 2.17. The molecular formula is C18H11Cl2NO5. The van der Waals surface area contributed by atoms with Crippen molar-refractivity contribution in [2.75, 3.05) is 11.9 Å². The van der Waals surface area contributed by atoms with Crippen molar-refractivity contribution >= 4 is 51.7 Å². The van der Waals surface area contributed by atoms with Gasteiger partial charge in [0.15, 0.2) is 6.61 Å². The van der Waals surface area contributed by atoms with Gasteiger partial charge in [0.05, 0.1) is 15.7 Å². The molecule has 6 nitrogen and oxygen atoms in total. The van der Waals surface area contributed by atoms with Crippen LogP contribution in [0.3, 0.4) is 0 Å². The van der Waals surface area contributed by atoms with Crippen LogP contribution < -0.4 is 10.9 Å². The maximum atomic E-state index is 12.1. The number of carbonyl (C=O) groups excluding carboxylic acids is 2. The predicted molar refractivity (Wildman–Crippen MR) is 97.9 cm³/mol. The minimum absolute atomic E-state index is 0.170. The highest BCUT2D eigenvalue weighted by atomic mass is 35.5. The van der Waals surface area contributed by atoms with Crippen LogP contribution in [-0.2, 0) is 9.53 Å². The van der Waals surface area contributed by atoms with Crippen LogP contribution in [0.25, 0.3) is 11.0 Å². The van der Waals surface area contributed by atoms with Gasteiger partial charge in [0.25, 0.3) is 5.91 Å². The van der Waals surface area contributed by atoms with Crippen LogP contribution in [0.1, 0.15) is 10.4 Å². The number of hydrogen-bond acceptors (Lipinski definition) is 5. The van der Waals surface area contributed by atoms with Crippen LogP contribution >= 0.6 is 23.2 Å². The van der Waals surface area contributed by atoms with Crippen molar-refractivity contribution in [3.63, 3.8) is 0 Å². The zero-order chi connectivity index (χ0) is 18.7. The number of hydrogen-bond donors (Lipinski definition) is 1. The first-order valence-electron chi connectivity index (χ1n) is 7.39. The molecule has 0 spiro atoms. The smallest absolute Gasteiger partial charge is 0.351 e. The fraction of sp³-hybridized carbons (Fsp3) is 0.0556. The zero-order valence-corrected chi connectivity index (χ0v) is 14.6. The minimum Gasteiger partial charge on any atom is -0.452 e. The SMILES string of the molecule is O=C(COC(=O)c1cc2ccccc2oc1=O)Nc1cccc(Cl)c1Cl. The maximum absolute atomic E-state index is 12.1. The number of amides is 1. The third kappa shape index (κ3) is 3.87. The summed E-state index contributed by atoms with van der Waals surface area (Å²) in [5.41, 5.74) is -0.503. The molecule has 3 rings (SSSR count). The van der Waals surface area contributed by atoms with Crippen molar-refractivity contribution < 1.29 is 18.7 Å². The van der Waals surface area contributed by atoms with Gasteiger partial charge in [0.2, 0.25) is 0 Å². The molecule has 0 saturated carbocycles. The van der Waals surface area contributed by atoms with E-state index in [9.17, 15) is 14.4 Å². The molecule has 8 heteroatoms. The molecule has 0 aliphatic heterocycles. The number of esters is 1. The number of fused-ring (bicyclic) bond motifs is 1. The molecule has 1 heterocycles. The van der Waals surface area contributed by atoms with Gasteiger partial charge in [-0.3, -0.25) is 4.79 Å². The average Bonchev–Trinajstić information content (AvgIpc) is 2.63. The third-order valence-electron chi connectivity index (χ3n) is 3.42. The van der Waals surface area contributed by atoms with E-state index >= 15 is 0 Å². The van der Waals surface area contributed by atoms with Crippen LogP contribution in [0.4, 0.5) is 5.69 Å². The summed E-state index contributed by atoms with van der Waals surface area (Å²) < 4.78 is 9.93. The van der Waals surface area contributed by atoms with Gasteiger partial charge in [0.1, 0.15) is 11.1 Å². The average molecular weight is 392 g/mol. The molecular weight excluding hydrogens is 381 g/mol. The number of ether oxygens (including phenoxy) is 1. The Hall–Kier alpha value is -2.83. The van der Waals surface area contributed by atoms with Crippen molar-refractivity contribution in [2.45, 2.75) is 0 Å². The van der Waals surface area contributed by atoms with E-state index in [-0.39, 0.29) is 21.3 Å². The fourth-order valence-corrected chi connectivity index (χ4v) is 2.55. The topological polar surface area (TPSA) is 85.6 Å². The van der Waals surface area contributed by atoms with E-state index in [1.807, 2.05) is 0 Å². The molecule has 1 aromatic heterocycles. The summed E-state index contributed by atoms with van der Waals surface area (Å²) in [7, 11) is 0. The summed E-state index contributed by atoms with van der Waals surface area (Å²) in [5, 5.41) is 3.48. The summed E-state index contributed by atoms with van der Waals surface area (Å²) in [5.74, 6) is -1.59. The van der Waals surface area contributed by atoms with Crippen LogP contribution in [0.2, 0.25) is 10.0 Å². The second kappa shape index (κ2) is 7.59. The van der Waals surface area contributed by atoms with Gasteiger partial charge in [-0.2, -0.15) is 0 Å². The first-order chi connectivity index (χ1) is 12.5. The second-order valence-electron chi connectivity index (χ2n) is 5.21. The molecule has 0 aliphatic rings. The molecule has 0 unspecified atom stereocenters. The molecule has 0 fully saturated rings. The highest BCUT2D eigenvalue weighted by molar-refractivity contribution is 6.44. The van der Waals surface area contributed by atoms with E-state index in [0.29, 0.717) is 11.0 Å². The lowest BCUT2D eigenvalue weighted by Gasteiger charge is -2.08. The number of carbonyl (C=O) groups is 2. The van der Waals surface area contributed by atoms with Crippen LogP contribution in [0.5, 0.6) is 0 Å². The van der Waals surface area contributed by atoms with Crippen LogP contribution in [0, 0.1) is 0 Å². The Bertz CT molecular complexity index is 1060. The monoisotopic (exact) mass is 391 g/mol. The van der Waals surface area contributed by atoms with Crippen LogP contribution in [0.15, 0.2) is 57.7 Å². The van der Waals surface area contributed by atoms with E-state index < -0.39 is 24.1 Å². The predicted octanol–water partition coefficient (Wildman–Crippen LogP) is 3.90. The number of anilines is 1. The van der Waals surface area contributed by atoms with Gasteiger partial charge < -0.3 is 14.5 Å².